The zero-order valence-electron chi connectivity index (χ0n) is 13.9. The third-order valence-corrected chi connectivity index (χ3v) is 3.44. The maximum Gasteiger partial charge on any atom is 0.224 e. The van der Waals surface area contributed by atoms with Gasteiger partial charge >= 0.3 is 0 Å². The summed E-state index contributed by atoms with van der Waals surface area (Å²) in [6, 6.07) is 8.90. The molecule has 2 amide bonds. The Labute approximate surface area is 144 Å². The van der Waals surface area contributed by atoms with Crippen LogP contribution in [0.4, 0.5) is 20.2 Å². The summed E-state index contributed by atoms with van der Waals surface area (Å²) in [6.07, 6.45) is 0.579. The normalized spacial score (nSPS) is 10.2. The van der Waals surface area contributed by atoms with Crippen LogP contribution < -0.4 is 15.4 Å². The Balaban J connectivity index is 2.00. The lowest BCUT2D eigenvalue weighted by Gasteiger charge is -2.10. The van der Waals surface area contributed by atoms with Crippen LogP contribution in [0, 0.1) is 11.6 Å². The largest absolute Gasteiger partial charge is 0.497 e. The maximum absolute atomic E-state index is 13.8. The first kappa shape index (κ1) is 18.4. The third-order valence-electron chi connectivity index (χ3n) is 3.44. The van der Waals surface area contributed by atoms with E-state index in [2.05, 4.69) is 10.6 Å². The van der Waals surface area contributed by atoms with E-state index < -0.39 is 23.4 Å². The molecular formula is C18H18F2N2O3. The van der Waals surface area contributed by atoms with Crippen molar-refractivity contribution < 1.29 is 23.1 Å². The summed E-state index contributed by atoms with van der Waals surface area (Å²) in [7, 11) is 1.56. The zero-order valence-corrected chi connectivity index (χ0v) is 13.9. The van der Waals surface area contributed by atoms with Gasteiger partial charge in [-0.2, -0.15) is 0 Å². The van der Waals surface area contributed by atoms with Crippen molar-refractivity contribution in [1.82, 2.24) is 0 Å². The highest BCUT2D eigenvalue weighted by molar-refractivity contribution is 5.93. The molecule has 0 aromatic heterocycles. The van der Waals surface area contributed by atoms with Gasteiger partial charge in [-0.05, 0) is 30.2 Å². The first-order valence-electron chi connectivity index (χ1n) is 7.58. The number of ether oxygens (including phenoxy) is 1. The van der Waals surface area contributed by atoms with Crippen molar-refractivity contribution in [3.8, 4) is 5.75 Å². The highest BCUT2D eigenvalue weighted by atomic mass is 19.1. The van der Waals surface area contributed by atoms with Crippen LogP contribution in [0.25, 0.3) is 0 Å². The second-order valence-corrected chi connectivity index (χ2v) is 5.39. The molecule has 2 aromatic carbocycles. The minimum atomic E-state index is -0.913. The molecule has 0 aliphatic rings. The quantitative estimate of drug-likeness (QED) is 0.840. The lowest BCUT2D eigenvalue weighted by molar-refractivity contribution is -0.116. The van der Waals surface area contributed by atoms with Crippen molar-refractivity contribution in [2.75, 3.05) is 17.7 Å². The molecule has 5 nitrogen and oxygen atoms in total. The molecule has 132 valence electrons. The fraction of sp³-hybridized carbons (Fsp3) is 0.222. The zero-order chi connectivity index (χ0) is 18.4. The lowest BCUT2D eigenvalue weighted by Crippen LogP contribution is -2.15. The van der Waals surface area contributed by atoms with E-state index >= 15 is 0 Å². The van der Waals surface area contributed by atoms with E-state index in [4.69, 9.17) is 4.74 Å². The first-order valence-corrected chi connectivity index (χ1v) is 7.58. The van der Waals surface area contributed by atoms with E-state index in [1.165, 1.54) is 6.92 Å². The number of methoxy groups -OCH3 is 1. The van der Waals surface area contributed by atoms with Gasteiger partial charge < -0.3 is 15.4 Å². The topological polar surface area (TPSA) is 67.4 Å². The number of rotatable bonds is 6. The first-order chi connectivity index (χ1) is 11.9. The van der Waals surface area contributed by atoms with Gasteiger partial charge in [0, 0.05) is 19.4 Å². The van der Waals surface area contributed by atoms with Crippen molar-refractivity contribution in [3.63, 3.8) is 0 Å². The number of carbonyl (C=O) groups excluding carboxylic acids is 2. The number of nitrogens with one attached hydrogen (secondary N) is 2. The molecule has 0 fully saturated rings. The highest BCUT2D eigenvalue weighted by Gasteiger charge is 2.13. The molecule has 0 spiro atoms. The molecule has 2 rings (SSSR count). The van der Waals surface area contributed by atoms with Crippen LogP contribution in [0.1, 0.15) is 18.9 Å². The molecule has 0 heterocycles. The Morgan fingerprint density at radius 3 is 2.16 bits per heavy atom. The fourth-order valence-corrected chi connectivity index (χ4v) is 2.19. The van der Waals surface area contributed by atoms with Gasteiger partial charge in [-0.1, -0.05) is 12.1 Å². The molecule has 0 saturated carbocycles. The van der Waals surface area contributed by atoms with Crippen molar-refractivity contribution >= 4 is 23.2 Å². The Bertz CT molecular complexity index is 777. The summed E-state index contributed by atoms with van der Waals surface area (Å²) in [5.74, 6) is -2.03. The number of halogens is 2. The van der Waals surface area contributed by atoms with Gasteiger partial charge in [-0.25, -0.2) is 8.78 Å². The monoisotopic (exact) mass is 348 g/mol. The SMILES string of the molecule is COc1ccc(CCC(=O)Nc2cc(NC(C)=O)c(F)cc2F)cc1. The predicted octanol–water partition coefficient (Wildman–Crippen LogP) is 3.50. The van der Waals surface area contributed by atoms with E-state index in [-0.39, 0.29) is 17.8 Å². The molecule has 0 bridgehead atoms. The fourth-order valence-electron chi connectivity index (χ4n) is 2.19. The number of amides is 2. The van der Waals surface area contributed by atoms with Crippen molar-refractivity contribution in [3.05, 3.63) is 53.6 Å². The maximum atomic E-state index is 13.8. The lowest BCUT2D eigenvalue weighted by atomic mass is 10.1. The minimum absolute atomic E-state index is 0.124. The number of benzene rings is 2. The van der Waals surface area contributed by atoms with Crippen LogP contribution in [0.2, 0.25) is 0 Å². The van der Waals surface area contributed by atoms with Gasteiger partial charge in [0.15, 0.2) is 0 Å². The van der Waals surface area contributed by atoms with Crippen LogP contribution >= 0.6 is 0 Å². The summed E-state index contributed by atoms with van der Waals surface area (Å²) < 4.78 is 32.4. The third kappa shape index (κ3) is 5.27. The highest BCUT2D eigenvalue weighted by Crippen LogP contribution is 2.24. The van der Waals surface area contributed by atoms with Crippen LogP contribution in [0.5, 0.6) is 5.75 Å². The van der Waals surface area contributed by atoms with Gasteiger partial charge in [0.1, 0.15) is 17.4 Å². The molecular weight excluding hydrogens is 330 g/mol. The number of carbonyl (C=O) groups is 2. The van der Waals surface area contributed by atoms with Crippen molar-refractivity contribution in [2.45, 2.75) is 19.8 Å². The molecule has 0 atom stereocenters. The molecule has 0 aliphatic carbocycles. The van der Waals surface area contributed by atoms with Gasteiger partial charge in [-0.15, -0.1) is 0 Å². The Morgan fingerprint density at radius 1 is 1.00 bits per heavy atom. The Kier molecular flexibility index (Phi) is 6.05. The summed E-state index contributed by atoms with van der Waals surface area (Å²) in [5, 5.41) is 4.63. The van der Waals surface area contributed by atoms with E-state index in [1.54, 1.807) is 19.2 Å². The summed E-state index contributed by atoms with van der Waals surface area (Å²) in [4.78, 5) is 23.0. The van der Waals surface area contributed by atoms with E-state index in [0.717, 1.165) is 11.6 Å². The Hall–Kier alpha value is -2.96. The smallest absolute Gasteiger partial charge is 0.224 e. The molecule has 0 unspecified atom stereocenters. The second-order valence-electron chi connectivity index (χ2n) is 5.39. The summed E-state index contributed by atoms with van der Waals surface area (Å²) in [5.41, 5.74) is 0.540. The van der Waals surface area contributed by atoms with Gasteiger partial charge in [0.05, 0.1) is 18.5 Å². The summed E-state index contributed by atoms with van der Waals surface area (Å²) >= 11 is 0. The van der Waals surface area contributed by atoms with E-state index in [9.17, 15) is 18.4 Å². The van der Waals surface area contributed by atoms with Gasteiger partial charge in [0.25, 0.3) is 0 Å². The average Bonchev–Trinajstić information content (AvgIpc) is 2.57. The average molecular weight is 348 g/mol. The second kappa shape index (κ2) is 8.23. The molecule has 25 heavy (non-hydrogen) atoms. The van der Waals surface area contributed by atoms with Crippen molar-refractivity contribution in [2.24, 2.45) is 0 Å². The van der Waals surface area contributed by atoms with E-state index in [0.29, 0.717) is 18.2 Å². The van der Waals surface area contributed by atoms with Crippen molar-refractivity contribution in [1.29, 1.82) is 0 Å². The van der Waals surface area contributed by atoms with Crippen LogP contribution in [0.15, 0.2) is 36.4 Å². The number of aryl methyl sites for hydroxylation is 1. The van der Waals surface area contributed by atoms with Crippen LogP contribution in [-0.4, -0.2) is 18.9 Å². The Morgan fingerprint density at radius 2 is 1.60 bits per heavy atom. The molecule has 2 aromatic rings. The molecule has 7 heteroatoms. The van der Waals surface area contributed by atoms with Crippen LogP contribution in [-0.2, 0) is 16.0 Å². The number of hydrogen-bond donors (Lipinski definition) is 2. The van der Waals surface area contributed by atoms with E-state index in [1.807, 2.05) is 12.1 Å². The minimum Gasteiger partial charge on any atom is -0.497 e. The van der Waals surface area contributed by atoms with Gasteiger partial charge in [0.2, 0.25) is 11.8 Å². The molecule has 0 saturated heterocycles. The van der Waals surface area contributed by atoms with Crippen LogP contribution in [0.3, 0.4) is 0 Å². The number of anilines is 2. The number of hydrogen-bond acceptors (Lipinski definition) is 3. The summed E-state index contributed by atoms with van der Waals surface area (Å²) in [6.45, 7) is 1.20. The predicted molar refractivity (Wildman–Crippen MR) is 90.6 cm³/mol. The molecule has 0 radical (unpaired) electrons. The molecule has 2 N–H and O–H groups in total. The van der Waals surface area contributed by atoms with Gasteiger partial charge in [-0.3, -0.25) is 9.59 Å². The molecule has 0 aliphatic heterocycles. The standard InChI is InChI=1S/C18H18F2N2O3/c1-11(23)21-16-10-17(15(20)9-14(16)19)22-18(24)8-5-12-3-6-13(25-2)7-4-12/h3-4,6-7,9-10H,5,8H2,1-2H3,(H,21,23)(H,22,24).